The zero-order chi connectivity index (χ0) is 12.6. The van der Waals surface area contributed by atoms with E-state index in [1.807, 2.05) is 32.9 Å². The molecule has 0 fully saturated rings. The first-order valence-corrected chi connectivity index (χ1v) is 5.81. The maximum atomic E-state index is 6.14. The third-order valence-electron chi connectivity index (χ3n) is 2.72. The van der Waals surface area contributed by atoms with E-state index in [0.29, 0.717) is 11.6 Å². The van der Waals surface area contributed by atoms with Crippen LogP contribution < -0.4 is 5.73 Å². The number of halogens is 1. The molecule has 0 aliphatic rings. The average molecular weight is 251 g/mol. The largest absolute Gasteiger partial charge is 0.326 e. The summed E-state index contributed by atoms with van der Waals surface area (Å²) in [6, 6.07) is 3.92. The second kappa shape index (κ2) is 4.47. The van der Waals surface area contributed by atoms with Crippen molar-refractivity contribution in [2.45, 2.75) is 27.3 Å². The summed E-state index contributed by atoms with van der Waals surface area (Å²) < 4.78 is 1.76. The standard InChI is InChI=1S/C12H15ClN4/c1-7-4-5-10(6-14)12(15-7)17-9(3)11(13)8(2)16-17/h4-5H,6,14H2,1-3H3. The predicted octanol–water partition coefficient (Wildman–Crippen LogP) is 2.30. The lowest BCUT2D eigenvalue weighted by atomic mass is 10.2. The molecular weight excluding hydrogens is 236 g/mol. The number of aromatic nitrogens is 3. The summed E-state index contributed by atoms with van der Waals surface area (Å²) in [5.74, 6) is 0.764. The van der Waals surface area contributed by atoms with Gasteiger partial charge < -0.3 is 5.73 Å². The molecule has 0 spiro atoms. The van der Waals surface area contributed by atoms with Gasteiger partial charge in [-0.15, -0.1) is 0 Å². The third-order valence-corrected chi connectivity index (χ3v) is 3.27. The van der Waals surface area contributed by atoms with Gasteiger partial charge in [0.15, 0.2) is 5.82 Å². The van der Waals surface area contributed by atoms with Crippen LogP contribution in [0.15, 0.2) is 12.1 Å². The minimum atomic E-state index is 0.429. The summed E-state index contributed by atoms with van der Waals surface area (Å²) in [5.41, 5.74) is 9.29. The topological polar surface area (TPSA) is 56.7 Å². The lowest BCUT2D eigenvalue weighted by molar-refractivity contribution is 0.784. The first-order valence-electron chi connectivity index (χ1n) is 5.43. The molecule has 0 aromatic carbocycles. The maximum Gasteiger partial charge on any atom is 0.158 e. The van der Waals surface area contributed by atoms with Gasteiger partial charge in [-0.05, 0) is 26.8 Å². The van der Waals surface area contributed by atoms with Gasteiger partial charge in [0, 0.05) is 17.8 Å². The van der Waals surface area contributed by atoms with Crippen LogP contribution >= 0.6 is 11.6 Å². The molecule has 0 bridgehead atoms. The van der Waals surface area contributed by atoms with Crippen LogP contribution in [0.4, 0.5) is 0 Å². The van der Waals surface area contributed by atoms with Gasteiger partial charge in [-0.2, -0.15) is 5.10 Å². The molecule has 0 atom stereocenters. The van der Waals surface area contributed by atoms with Gasteiger partial charge in [-0.25, -0.2) is 9.67 Å². The van der Waals surface area contributed by atoms with Crippen molar-refractivity contribution < 1.29 is 0 Å². The lowest BCUT2D eigenvalue weighted by Gasteiger charge is -2.09. The van der Waals surface area contributed by atoms with E-state index in [9.17, 15) is 0 Å². The fraction of sp³-hybridized carbons (Fsp3) is 0.333. The molecule has 0 unspecified atom stereocenters. The number of nitrogens with two attached hydrogens (primary N) is 1. The Labute approximate surface area is 105 Å². The Bertz CT molecular complexity index is 560. The van der Waals surface area contributed by atoms with E-state index in [1.165, 1.54) is 0 Å². The van der Waals surface area contributed by atoms with Crippen molar-refractivity contribution in [1.82, 2.24) is 14.8 Å². The first-order chi connectivity index (χ1) is 8.04. The third kappa shape index (κ3) is 2.06. The van der Waals surface area contributed by atoms with E-state index in [-0.39, 0.29) is 0 Å². The van der Waals surface area contributed by atoms with Gasteiger partial charge in [-0.1, -0.05) is 17.7 Å². The quantitative estimate of drug-likeness (QED) is 0.890. The number of rotatable bonds is 2. The molecule has 2 aromatic rings. The van der Waals surface area contributed by atoms with E-state index < -0.39 is 0 Å². The molecule has 90 valence electrons. The highest BCUT2D eigenvalue weighted by Crippen LogP contribution is 2.23. The van der Waals surface area contributed by atoms with E-state index in [0.717, 1.165) is 28.5 Å². The van der Waals surface area contributed by atoms with Gasteiger partial charge in [0.05, 0.1) is 16.4 Å². The summed E-state index contributed by atoms with van der Waals surface area (Å²) in [6.45, 7) is 6.17. The minimum absolute atomic E-state index is 0.429. The molecule has 2 aromatic heterocycles. The zero-order valence-corrected chi connectivity index (χ0v) is 10.9. The van der Waals surface area contributed by atoms with Crippen molar-refractivity contribution in [3.8, 4) is 5.82 Å². The Kier molecular flexibility index (Phi) is 3.17. The van der Waals surface area contributed by atoms with Crippen LogP contribution in [0.5, 0.6) is 0 Å². The highest BCUT2D eigenvalue weighted by Gasteiger charge is 2.14. The number of nitrogens with zero attached hydrogens (tertiary/aromatic N) is 3. The van der Waals surface area contributed by atoms with Gasteiger partial charge in [0.2, 0.25) is 0 Å². The molecule has 0 saturated heterocycles. The molecule has 0 saturated carbocycles. The SMILES string of the molecule is Cc1ccc(CN)c(-n2nc(C)c(Cl)c2C)n1. The molecule has 0 aliphatic heterocycles. The second-order valence-electron chi connectivity index (χ2n) is 4.04. The Morgan fingerprint density at radius 1 is 1.29 bits per heavy atom. The first kappa shape index (κ1) is 12.1. The summed E-state index contributed by atoms with van der Waals surface area (Å²) in [6.07, 6.45) is 0. The predicted molar refractivity (Wildman–Crippen MR) is 68.5 cm³/mol. The van der Waals surface area contributed by atoms with Crippen LogP contribution in [0, 0.1) is 20.8 Å². The number of hydrogen-bond acceptors (Lipinski definition) is 3. The van der Waals surface area contributed by atoms with E-state index >= 15 is 0 Å². The fourth-order valence-corrected chi connectivity index (χ4v) is 1.86. The van der Waals surface area contributed by atoms with Crippen molar-refractivity contribution in [1.29, 1.82) is 0 Å². The van der Waals surface area contributed by atoms with Gasteiger partial charge >= 0.3 is 0 Å². The molecular formula is C12H15ClN4. The summed E-state index contributed by atoms with van der Waals surface area (Å²) in [4.78, 5) is 4.49. The summed E-state index contributed by atoms with van der Waals surface area (Å²) in [7, 11) is 0. The number of hydrogen-bond donors (Lipinski definition) is 1. The van der Waals surface area contributed by atoms with E-state index in [2.05, 4.69) is 10.1 Å². The molecule has 4 nitrogen and oxygen atoms in total. The average Bonchev–Trinajstić information content (AvgIpc) is 2.57. The Balaban J connectivity index is 2.67. The van der Waals surface area contributed by atoms with Gasteiger partial charge in [-0.3, -0.25) is 0 Å². The number of aryl methyl sites for hydroxylation is 2. The normalized spacial score (nSPS) is 10.9. The molecule has 0 amide bonds. The molecule has 2 rings (SSSR count). The van der Waals surface area contributed by atoms with Crippen molar-refractivity contribution >= 4 is 11.6 Å². The zero-order valence-electron chi connectivity index (χ0n) is 10.2. The van der Waals surface area contributed by atoms with Crippen molar-refractivity contribution in [3.05, 3.63) is 39.8 Å². The molecule has 0 aliphatic carbocycles. The summed E-state index contributed by atoms with van der Waals surface area (Å²) in [5, 5.41) is 5.07. The van der Waals surface area contributed by atoms with Crippen LogP contribution in [0.3, 0.4) is 0 Å². The fourth-order valence-electron chi connectivity index (χ4n) is 1.74. The highest BCUT2D eigenvalue weighted by atomic mass is 35.5. The smallest absolute Gasteiger partial charge is 0.158 e. The van der Waals surface area contributed by atoms with Crippen LogP contribution in [0.1, 0.15) is 22.6 Å². The molecule has 17 heavy (non-hydrogen) atoms. The van der Waals surface area contributed by atoms with Crippen LogP contribution in [-0.4, -0.2) is 14.8 Å². The van der Waals surface area contributed by atoms with Crippen LogP contribution in [0.25, 0.3) is 5.82 Å². The Hall–Kier alpha value is -1.39. The van der Waals surface area contributed by atoms with Gasteiger partial charge in [0.1, 0.15) is 0 Å². The minimum Gasteiger partial charge on any atom is -0.326 e. The van der Waals surface area contributed by atoms with Crippen LogP contribution in [0.2, 0.25) is 5.02 Å². The van der Waals surface area contributed by atoms with Crippen LogP contribution in [-0.2, 0) is 6.54 Å². The Morgan fingerprint density at radius 2 is 2.00 bits per heavy atom. The molecule has 5 heteroatoms. The second-order valence-corrected chi connectivity index (χ2v) is 4.41. The summed E-state index contributed by atoms with van der Waals surface area (Å²) >= 11 is 6.14. The van der Waals surface area contributed by atoms with Crippen molar-refractivity contribution in [2.75, 3.05) is 0 Å². The van der Waals surface area contributed by atoms with Crippen molar-refractivity contribution in [2.24, 2.45) is 5.73 Å². The number of pyridine rings is 1. The Morgan fingerprint density at radius 3 is 2.53 bits per heavy atom. The van der Waals surface area contributed by atoms with Crippen molar-refractivity contribution in [3.63, 3.8) is 0 Å². The van der Waals surface area contributed by atoms with Gasteiger partial charge in [0.25, 0.3) is 0 Å². The highest BCUT2D eigenvalue weighted by molar-refractivity contribution is 6.31. The monoisotopic (exact) mass is 250 g/mol. The lowest BCUT2D eigenvalue weighted by Crippen LogP contribution is -2.10. The molecule has 0 radical (unpaired) electrons. The van der Waals surface area contributed by atoms with E-state index in [4.69, 9.17) is 17.3 Å². The molecule has 2 N–H and O–H groups in total. The molecule has 2 heterocycles. The van der Waals surface area contributed by atoms with E-state index in [1.54, 1.807) is 4.68 Å². The maximum absolute atomic E-state index is 6.14.